The van der Waals surface area contributed by atoms with Gasteiger partial charge in [0.1, 0.15) is 12.4 Å². The molecule has 100 valence electrons. The van der Waals surface area contributed by atoms with Crippen molar-refractivity contribution in [2.45, 2.75) is 51.4 Å². The average Bonchev–Trinajstić information content (AvgIpc) is 2.66. The molecule has 1 aromatic rings. The second-order valence-electron chi connectivity index (χ2n) is 5.56. The van der Waals surface area contributed by atoms with Gasteiger partial charge in [-0.3, -0.25) is 0 Å². The lowest BCUT2D eigenvalue weighted by atomic mass is 10.1. The summed E-state index contributed by atoms with van der Waals surface area (Å²) >= 11 is 0. The summed E-state index contributed by atoms with van der Waals surface area (Å²) in [5.74, 6) is 0.751. The van der Waals surface area contributed by atoms with Crippen LogP contribution in [0.1, 0.15) is 45.3 Å². The van der Waals surface area contributed by atoms with E-state index in [-0.39, 0.29) is 11.7 Å². The molecule has 0 radical (unpaired) electrons. The van der Waals surface area contributed by atoms with Crippen molar-refractivity contribution >= 4 is 0 Å². The minimum Gasteiger partial charge on any atom is -0.490 e. The Bertz CT molecular complexity index is 398. The van der Waals surface area contributed by atoms with Gasteiger partial charge >= 0.3 is 0 Å². The Balaban J connectivity index is 1.95. The number of aliphatic hydroxyl groups excluding tert-OH is 1. The number of rotatable bonds is 4. The molecule has 3 heteroatoms. The zero-order chi connectivity index (χ0) is 13.2. The van der Waals surface area contributed by atoms with Gasteiger partial charge < -0.3 is 14.6 Å². The third kappa shape index (κ3) is 3.24. The SMILES string of the molecule is C[C@H](O)c1ccccc1OCC1CCC(C)(C)O1. The predicted octanol–water partition coefficient (Wildman–Crippen LogP) is 3.08. The van der Waals surface area contributed by atoms with Crippen molar-refractivity contribution in [2.75, 3.05) is 6.61 Å². The molecule has 1 aromatic carbocycles. The van der Waals surface area contributed by atoms with Crippen molar-refractivity contribution in [3.63, 3.8) is 0 Å². The summed E-state index contributed by atoms with van der Waals surface area (Å²) in [5.41, 5.74) is 0.799. The fraction of sp³-hybridized carbons (Fsp3) is 0.600. The molecule has 0 amide bonds. The van der Waals surface area contributed by atoms with Gasteiger partial charge in [0.15, 0.2) is 0 Å². The minimum absolute atomic E-state index is 0.0299. The van der Waals surface area contributed by atoms with Crippen LogP contribution in [0.3, 0.4) is 0 Å². The number of hydrogen-bond donors (Lipinski definition) is 1. The highest BCUT2D eigenvalue weighted by molar-refractivity contribution is 5.34. The molecule has 2 rings (SSSR count). The van der Waals surface area contributed by atoms with E-state index in [1.807, 2.05) is 24.3 Å². The van der Waals surface area contributed by atoms with E-state index in [1.165, 1.54) is 0 Å². The van der Waals surface area contributed by atoms with Crippen LogP contribution in [0.4, 0.5) is 0 Å². The Hall–Kier alpha value is -1.06. The molecule has 1 aliphatic heterocycles. The van der Waals surface area contributed by atoms with Gasteiger partial charge in [-0.2, -0.15) is 0 Å². The maximum Gasteiger partial charge on any atom is 0.125 e. The van der Waals surface area contributed by atoms with Gasteiger partial charge in [0.2, 0.25) is 0 Å². The van der Waals surface area contributed by atoms with Gasteiger partial charge in [-0.25, -0.2) is 0 Å². The molecule has 1 saturated heterocycles. The Morgan fingerprint density at radius 1 is 1.44 bits per heavy atom. The van der Waals surface area contributed by atoms with Crippen molar-refractivity contribution in [1.82, 2.24) is 0 Å². The van der Waals surface area contributed by atoms with Gasteiger partial charge in [0.05, 0.1) is 17.8 Å². The van der Waals surface area contributed by atoms with Crippen LogP contribution in [-0.2, 0) is 4.74 Å². The molecule has 2 atom stereocenters. The first-order valence-corrected chi connectivity index (χ1v) is 6.55. The summed E-state index contributed by atoms with van der Waals surface area (Å²) in [6, 6.07) is 7.60. The highest BCUT2D eigenvalue weighted by atomic mass is 16.6. The van der Waals surface area contributed by atoms with Crippen LogP contribution < -0.4 is 4.74 Å². The number of benzene rings is 1. The summed E-state index contributed by atoms with van der Waals surface area (Å²) < 4.78 is 11.7. The topological polar surface area (TPSA) is 38.7 Å². The third-order valence-corrected chi connectivity index (χ3v) is 3.35. The molecular formula is C15H22O3. The molecule has 0 aliphatic carbocycles. The molecule has 0 saturated carbocycles. The lowest BCUT2D eigenvalue weighted by Gasteiger charge is -2.20. The molecule has 1 aliphatic rings. The Labute approximate surface area is 109 Å². The van der Waals surface area contributed by atoms with Crippen LogP contribution >= 0.6 is 0 Å². The summed E-state index contributed by atoms with van der Waals surface area (Å²) in [6.45, 7) is 6.51. The minimum atomic E-state index is -0.512. The van der Waals surface area contributed by atoms with Crippen molar-refractivity contribution in [1.29, 1.82) is 0 Å². The molecule has 1 heterocycles. The van der Waals surface area contributed by atoms with Crippen LogP contribution in [0.15, 0.2) is 24.3 Å². The van der Waals surface area contributed by atoms with Crippen LogP contribution in [0.25, 0.3) is 0 Å². The molecule has 1 unspecified atom stereocenters. The van der Waals surface area contributed by atoms with E-state index in [0.29, 0.717) is 6.61 Å². The number of aliphatic hydroxyl groups is 1. The molecule has 1 fully saturated rings. The van der Waals surface area contributed by atoms with Crippen LogP contribution in [0, 0.1) is 0 Å². The van der Waals surface area contributed by atoms with E-state index in [9.17, 15) is 5.11 Å². The van der Waals surface area contributed by atoms with Gasteiger partial charge in [-0.15, -0.1) is 0 Å². The van der Waals surface area contributed by atoms with Crippen molar-refractivity contribution < 1.29 is 14.6 Å². The van der Waals surface area contributed by atoms with Crippen LogP contribution in [-0.4, -0.2) is 23.4 Å². The van der Waals surface area contributed by atoms with Crippen molar-refractivity contribution in [3.8, 4) is 5.75 Å². The van der Waals surface area contributed by atoms with E-state index >= 15 is 0 Å². The number of para-hydroxylation sites is 1. The Kier molecular flexibility index (Phi) is 3.93. The van der Waals surface area contributed by atoms with Gasteiger partial charge in [0, 0.05) is 5.56 Å². The number of hydrogen-bond acceptors (Lipinski definition) is 3. The average molecular weight is 250 g/mol. The van der Waals surface area contributed by atoms with Crippen molar-refractivity contribution in [2.24, 2.45) is 0 Å². The Morgan fingerprint density at radius 2 is 2.17 bits per heavy atom. The van der Waals surface area contributed by atoms with Gasteiger partial charge in [-0.05, 0) is 39.7 Å². The predicted molar refractivity (Wildman–Crippen MR) is 70.8 cm³/mol. The van der Waals surface area contributed by atoms with Gasteiger partial charge in [-0.1, -0.05) is 18.2 Å². The van der Waals surface area contributed by atoms with E-state index in [2.05, 4.69) is 13.8 Å². The first kappa shape index (κ1) is 13.4. The number of ether oxygens (including phenoxy) is 2. The van der Waals surface area contributed by atoms with E-state index in [0.717, 1.165) is 24.2 Å². The smallest absolute Gasteiger partial charge is 0.125 e. The summed E-state index contributed by atoms with van der Waals surface area (Å²) in [5, 5.41) is 9.67. The first-order chi connectivity index (χ1) is 8.48. The van der Waals surface area contributed by atoms with E-state index < -0.39 is 6.10 Å². The lowest BCUT2D eigenvalue weighted by molar-refractivity contribution is -0.0329. The highest BCUT2D eigenvalue weighted by Gasteiger charge is 2.32. The second-order valence-corrected chi connectivity index (χ2v) is 5.56. The fourth-order valence-electron chi connectivity index (χ4n) is 2.33. The largest absolute Gasteiger partial charge is 0.490 e. The molecule has 0 aromatic heterocycles. The fourth-order valence-corrected chi connectivity index (χ4v) is 2.33. The molecule has 3 nitrogen and oxygen atoms in total. The standard InChI is InChI=1S/C15H22O3/c1-11(16)13-6-4-5-7-14(13)17-10-12-8-9-15(2,3)18-12/h4-7,11-12,16H,8-10H2,1-3H3/t11-,12?/m0/s1. The third-order valence-electron chi connectivity index (χ3n) is 3.35. The maximum atomic E-state index is 9.67. The summed E-state index contributed by atoms with van der Waals surface area (Å²) in [7, 11) is 0. The normalized spacial score (nSPS) is 23.9. The maximum absolute atomic E-state index is 9.67. The van der Waals surface area contributed by atoms with E-state index in [4.69, 9.17) is 9.47 Å². The molecule has 18 heavy (non-hydrogen) atoms. The highest BCUT2D eigenvalue weighted by Crippen LogP contribution is 2.30. The zero-order valence-electron chi connectivity index (χ0n) is 11.3. The summed E-state index contributed by atoms with van der Waals surface area (Å²) in [6.07, 6.45) is 1.74. The van der Waals surface area contributed by atoms with E-state index in [1.54, 1.807) is 6.92 Å². The molecule has 0 spiro atoms. The quantitative estimate of drug-likeness (QED) is 0.892. The molecular weight excluding hydrogens is 228 g/mol. The van der Waals surface area contributed by atoms with Gasteiger partial charge in [0.25, 0.3) is 0 Å². The molecule has 1 N–H and O–H groups in total. The second kappa shape index (κ2) is 5.29. The zero-order valence-corrected chi connectivity index (χ0v) is 11.3. The summed E-state index contributed by atoms with van der Waals surface area (Å²) in [4.78, 5) is 0. The van der Waals surface area contributed by atoms with Crippen molar-refractivity contribution in [3.05, 3.63) is 29.8 Å². The monoisotopic (exact) mass is 250 g/mol. The molecule has 0 bridgehead atoms. The first-order valence-electron chi connectivity index (χ1n) is 6.55. The lowest BCUT2D eigenvalue weighted by Crippen LogP contribution is -2.24. The Morgan fingerprint density at radius 3 is 2.78 bits per heavy atom. The van der Waals surface area contributed by atoms with Crippen LogP contribution in [0.5, 0.6) is 5.75 Å². The van der Waals surface area contributed by atoms with Crippen LogP contribution in [0.2, 0.25) is 0 Å².